The van der Waals surface area contributed by atoms with Gasteiger partial charge in [-0.3, -0.25) is 0 Å². The van der Waals surface area contributed by atoms with E-state index in [0.29, 0.717) is 18.1 Å². The molecule has 19 heavy (non-hydrogen) atoms. The van der Waals surface area contributed by atoms with Crippen molar-refractivity contribution in [1.82, 2.24) is 4.98 Å². The minimum Gasteiger partial charge on any atom is -0.491 e. The first-order valence-corrected chi connectivity index (χ1v) is 6.04. The predicted octanol–water partition coefficient (Wildman–Crippen LogP) is 2.71. The number of aryl methyl sites for hydroxylation is 1. The third-order valence-electron chi connectivity index (χ3n) is 2.69. The van der Waals surface area contributed by atoms with E-state index in [1.807, 2.05) is 30.3 Å². The molecule has 98 valence electrons. The third kappa shape index (κ3) is 3.55. The molecule has 0 saturated heterocycles. The number of hydrogen-bond acceptors (Lipinski definition) is 3. The molecule has 0 unspecified atom stereocenters. The van der Waals surface area contributed by atoms with E-state index in [1.165, 1.54) is 0 Å². The fourth-order valence-corrected chi connectivity index (χ4v) is 1.74. The SMILES string of the molecule is Cc1ccc(OCCc2ccccc2)c(C(=O)O)n1. The number of aromatic carboxylic acids is 1. The van der Waals surface area contributed by atoms with Gasteiger partial charge in [0.25, 0.3) is 0 Å². The van der Waals surface area contributed by atoms with Gasteiger partial charge in [-0.1, -0.05) is 30.3 Å². The van der Waals surface area contributed by atoms with Crippen LogP contribution < -0.4 is 4.74 Å². The van der Waals surface area contributed by atoms with Crippen LogP contribution in [0.15, 0.2) is 42.5 Å². The summed E-state index contributed by atoms with van der Waals surface area (Å²) in [6.45, 7) is 2.18. The van der Waals surface area contributed by atoms with Crippen molar-refractivity contribution in [3.8, 4) is 5.75 Å². The second-order valence-corrected chi connectivity index (χ2v) is 4.19. The molecule has 4 nitrogen and oxygen atoms in total. The number of hydrogen-bond donors (Lipinski definition) is 1. The molecule has 1 heterocycles. The summed E-state index contributed by atoms with van der Waals surface area (Å²) in [6, 6.07) is 13.3. The van der Waals surface area contributed by atoms with Gasteiger partial charge >= 0.3 is 5.97 Å². The van der Waals surface area contributed by atoms with E-state index < -0.39 is 5.97 Å². The molecule has 0 atom stereocenters. The summed E-state index contributed by atoms with van der Waals surface area (Å²) in [6.07, 6.45) is 0.730. The number of carbonyl (C=O) groups is 1. The second kappa shape index (κ2) is 6.00. The maximum atomic E-state index is 11.1. The van der Waals surface area contributed by atoms with Crippen molar-refractivity contribution in [2.24, 2.45) is 0 Å². The molecule has 2 aromatic rings. The largest absolute Gasteiger partial charge is 0.491 e. The van der Waals surface area contributed by atoms with Gasteiger partial charge < -0.3 is 9.84 Å². The quantitative estimate of drug-likeness (QED) is 0.894. The number of benzene rings is 1. The topological polar surface area (TPSA) is 59.4 Å². The lowest BCUT2D eigenvalue weighted by Crippen LogP contribution is -2.08. The highest BCUT2D eigenvalue weighted by atomic mass is 16.5. The molecule has 4 heteroatoms. The summed E-state index contributed by atoms with van der Waals surface area (Å²) in [5, 5.41) is 9.06. The third-order valence-corrected chi connectivity index (χ3v) is 2.69. The van der Waals surface area contributed by atoms with E-state index in [0.717, 1.165) is 12.0 Å². The maximum Gasteiger partial charge on any atom is 0.358 e. The average molecular weight is 257 g/mol. The number of aromatic nitrogens is 1. The van der Waals surface area contributed by atoms with Crippen LogP contribution in [0.5, 0.6) is 5.75 Å². The molecule has 0 amide bonds. The Morgan fingerprint density at radius 1 is 1.21 bits per heavy atom. The van der Waals surface area contributed by atoms with E-state index in [4.69, 9.17) is 9.84 Å². The molecule has 0 aliphatic rings. The predicted molar refractivity (Wildman–Crippen MR) is 71.6 cm³/mol. The highest BCUT2D eigenvalue weighted by Gasteiger charge is 2.13. The maximum absolute atomic E-state index is 11.1. The first-order chi connectivity index (χ1) is 9.16. The minimum absolute atomic E-state index is 0.0342. The van der Waals surface area contributed by atoms with Gasteiger partial charge in [0.1, 0.15) is 0 Å². The van der Waals surface area contributed by atoms with Crippen molar-refractivity contribution in [3.63, 3.8) is 0 Å². The number of nitrogens with zero attached hydrogens (tertiary/aromatic N) is 1. The lowest BCUT2D eigenvalue weighted by atomic mass is 10.2. The Morgan fingerprint density at radius 2 is 1.95 bits per heavy atom. The van der Waals surface area contributed by atoms with Crippen LogP contribution in [0.1, 0.15) is 21.7 Å². The molecule has 0 aliphatic carbocycles. The van der Waals surface area contributed by atoms with Gasteiger partial charge in [-0.25, -0.2) is 9.78 Å². The fourth-order valence-electron chi connectivity index (χ4n) is 1.74. The van der Waals surface area contributed by atoms with Gasteiger partial charge in [0.15, 0.2) is 11.4 Å². The molecule has 1 aromatic carbocycles. The molecule has 0 radical (unpaired) electrons. The minimum atomic E-state index is -1.07. The van der Waals surface area contributed by atoms with Crippen molar-refractivity contribution in [2.75, 3.05) is 6.61 Å². The van der Waals surface area contributed by atoms with E-state index in [9.17, 15) is 4.79 Å². The van der Waals surface area contributed by atoms with Crippen molar-refractivity contribution < 1.29 is 14.6 Å². The Labute approximate surface area is 111 Å². The number of carboxylic acid groups (broad SMARTS) is 1. The number of pyridine rings is 1. The number of rotatable bonds is 5. The Kier molecular flexibility index (Phi) is 4.13. The van der Waals surface area contributed by atoms with Gasteiger partial charge in [-0.2, -0.15) is 0 Å². The number of ether oxygens (including phenoxy) is 1. The van der Waals surface area contributed by atoms with Crippen LogP contribution in [0.4, 0.5) is 0 Å². The van der Waals surface area contributed by atoms with Crippen LogP contribution in [0.25, 0.3) is 0 Å². The van der Waals surface area contributed by atoms with Crippen molar-refractivity contribution >= 4 is 5.97 Å². The van der Waals surface area contributed by atoms with Crippen LogP contribution in [-0.2, 0) is 6.42 Å². The van der Waals surface area contributed by atoms with Crippen LogP contribution in [0, 0.1) is 6.92 Å². The van der Waals surface area contributed by atoms with Crippen molar-refractivity contribution in [3.05, 3.63) is 59.4 Å². The highest BCUT2D eigenvalue weighted by Crippen LogP contribution is 2.17. The summed E-state index contributed by atoms with van der Waals surface area (Å²) in [5.74, 6) is -0.757. The monoisotopic (exact) mass is 257 g/mol. The van der Waals surface area contributed by atoms with Gasteiger partial charge in [0.2, 0.25) is 0 Å². The molecule has 1 aromatic heterocycles. The first kappa shape index (κ1) is 13.1. The Hall–Kier alpha value is -2.36. The van der Waals surface area contributed by atoms with Crippen molar-refractivity contribution in [2.45, 2.75) is 13.3 Å². The first-order valence-electron chi connectivity index (χ1n) is 6.04. The summed E-state index contributed by atoms with van der Waals surface area (Å²) >= 11 is 0. The second-order valence-electron chi connectivity index (χ2n) is 4.19. The normalized spacial score (nSPS) is 10.2. The van der Waals surface area contributed by atoms with E-state index in [-0.39, 0.29) is 5.69 Å². The van der Waals surface area contributed by atoms with Gasteiger partial charge in [0, 0.05) is 12.1 Å². The Bertz CT molecular complexity index is 567. The molecule has 0 aliphatic heterocycles. The van der Waals surface area contributed by atoms with E-state index in [2.05, 4.69) is 4.98 Å². The zero-order chi connectivity index (χ0) is 13.7. The van der Waals surface area contributed by atoms with Crippen molar-refractivity contribution in [1.29, 1.82) is 0 Å². The zero-order valence-corrected chi connectivity index (χ0v) is 10.7. The van der Waals surface area contributed by atoms with Crippen LogP contribution in [0.3, 0.4) is 0 Å². The summed E-state index contributed by atoms with van der Waals surface area (Å²) in [4.78, 5) is 15.0. The molecular weight excluding hydrogens is 242 g/mol. The Balaban J connectivity index is 2.02. The van der Waals surface area contributed by atoms with Gasteiger partial charge in [0.05, 0.1) is 6.61 Å². The lowest BCUT2D eigenvalue weighted by Gasteiger charge is -2.09. The molecular formula is C15H15NO3. The average Bonchev–Trinajstić information content (AvgIpc) is 2.41. The lowest BCUT2D eigenvalue weighted by molar-refractivity contribution is 0.0685. The standard InChI is InChI=1S/C15H15NO3/c1-11-7-8-13(14(16-11)15(17)18)19-10-9-12-5-3-2-4-6-12/h2-8H,9-10H2,1H3,(H,17,18). The van der Waals surface area contributed by atoms with Gasteiger partial charge in [-0.05, 0) is 24.6 Å². The molecule has 0 fully saturated rings. The highest BCUT2D eigenvalue weighted by molar-refractivity contribution is 5.88. The summed E-state index contributed by atoms with van der Waals surface area (Å²) < 4.78 is 5.51. The van der Waals surface area contributed by atoms with E-state index >= 15 is 0 Å². The molecule has 1 N–H and O–H groups in total. The van der Waals surface area contributed by atoms with Crippen LogP contribution in [0.2, 0.25) is 0 Å². The number of carboxylic acids is 1. The smallest absolute Gasteiger partial charge is 0.358 e. The molecule has 0 spiro atoms. The molecule has 2 rings (SSSR count). The van der Waals surface area contributed by atoms with Gasteiger partial charge in [-0.15, -0.1) is 0 Å². The van der Waals surface area contributed by atoms with Crippen LogP contribution in [-0.4, -0.2) is 22.7 Å². The zero-order valence-electron chi connectivity index (χ0n) is 10.7. The molecule has 0 bridgehead atoms. The van der Waals surface area contributed by atoms with E-state index in [1.54, 1.807) is 19.1 Å². The van der Waals surface area contributed by atoms with Crippen LogP contribution >= 0.6 is 0 Å². The molecule has 0 saturated carbocycles. The Morgan fingerprint density at radius 3 is 2.63 bits per heavy atom. The fraction of sp³-hybridized carbons (Fsp3) is 0.200. The summed E-state index contributed by atoms with van der Waals surface area (Å²) in [7, 11) is 0. The summed E-state index contributed by atoms with van der Waals surface area (Å²) in [5.41, 5.74) is 1.78.